The molecule has 1 N–H and O–H groups in total. The zero-order chi connectivity index (χ0) is 10.6. The van der Waals surface area contributed by atoms with Gasteiger partial charge in [0.2, 0.25) is 0 Å². The summed E-state index contributed by atoms with van der Waals surface area (Å²) in [5, 5.41) is 9.98. The molecule has 3 heteroatoms. The molecule has 0 amide bonds. The number of methoxy groups -OCH3 is 1. The van der Waals surface area contributed by atoms with Crippen molar-refractivity contribution < 1.29 is 14.6 Å². The van der Waals surface area contributed by atoms with Crippen LogP contribution in [0.5, 0.6) is 0 Å². The first-order valence-electron chi connectivity index (χ1n) is 4.40. The van der Waals surface area contributed by atoms with Gasteiger partial charge >= 0.3 is 5.97 Å². The molecule has 0 aromatic heterocycles. The number of ether oxygens (including phenoxy) is 1. The van der Waals surface area contributed by atoms with Crippen LogP contribution in [0.2, 0.25) is 0 Å². The van der Waals surface area contributed by atoms with Gasteiger partial charge in [-0.05, 0) is 6.42 Å². The van der Waals surface area contributed by atoms with Gasteiger partial charge < -0.3 is 9.84 Å². The van der Waals surface area contributed by atoms with E-state index in [1.165, 1.54) is 7.11 Å². The molecule has 0 spiro atoms. The number of hydrogen-bond donors (Lipinski definition) is 1. The second kappa shape index (κ2) is 4.24. The highest BCUT2D eigenvalue weighted by Crippen LogP contribution is 2.25. The van der Waals surface area contributed by atoms with Crippen LogP contribution in [0.4, 0.5) is 0 Å². The number of aliphatic hydroxyl groups is 1. The van der Waals surface area contributed by atoms with E-state index in [-0.39, 0.29) is 12.0 Å². The molecule has 1 aliphatic carbocycles. The van der Waals surface area contributed by atoms with Gasteiger partial charge in [-0.2, -0.15) is 0 Å². The van der Waals surface area contributed by atoms with Crippen LogP contribution in [-0.2, 0) is 9.53 Å². The number of carbonyl (C=O) groups excluding carboxylic acids is 1. The Morgan fingerprint density at radius 1 is 1.64 bits per heavy atom. The molecule has 0 aliphatic heterocycles. The van der Waals surface area contributed by atoms with Crippen LogP contribution in [0.15, 0.2) is 36.5 Å². The van der Waals surface area contributed by atoms with Crippen molar-refractivity contribution in [2.45, 2.75) is 18.4 Å². The summed E-state index contributed by atoms with van der Waals surface area (Å²) in [5.41, 5.74) is -0.699. The molecule has 1 unspecified atom stereocenters. The van der Waals surface area contributed by atoms with E-state index < -0.39 is 11.6 Å². The number of esters is 1. The quantitative estimate of drug-likeness (QED) is 0.545. The van der Waals surface area contributed by atoms with E-state index in [0.717, 1.165) is 0 Å². The minimum absolute atomic E-state index is 0.209. The van der Waals surface area contributed by atoms with Gasteiger partial charge in [-0.3, -0.25) is 0 Å². The molecule has 3 nitrogen and oxygen atoms in total. The van der Waals surface area contributed by atoms with Gasteiger partial charge in [-0.25, -0.2) is 4.79 Å². The lowest BCUT2D eigenvalue weighted by molar-refractivity contribution is -0.136. The van der Waals surface area contributed by atoms with Crippen LogP contribution < -0.4 is 0 Å². The summed E-state index contributed by atoms with van der Waals surface area (Å²) in [6.45, 7) is 3.57. The van der Waals surface area contributed by atoms with Gasteiger partial charge in [0, 0.05) is 12.0 Å². The molecule has 1 aliphatic rings. The lowest BCUT2D eigenvalue weighted by Crippen LogP contribution is -2.28. The largest absolute Gasteiger partial charge is 0.466 e. The van der Waals surface area contributed by atoms with Crippen LogP contribution in [0.3, 0.4) is 0 Å². The molecule has 0 heterocycles. The van der Waals surface area contributed by atoms with Gasteiger partial charge in [0.25, 0.3) is 0 Å². The van der Waals surface area contributed by atoms with E-state index in [1.54, 1.807) is 12.2 Å². The molecule has 1 atom stereocenters. The Labute approximate surface area is 83.4 Å². The highest BCUT2D eigenvalue weighted by atomic mass is 16.5. The minimum Gasteiger partial charge on any atom is -0.466 e. The summed E-state index contributed by atoms with van der Waals surface area (Å²) in [6.07, 6.45) is 7.84. The summed E-state index contributed by atoms with van der Waals surface area (Å²) in [6, 6.07) is 0. The monoisotopic (exact) mass is 194 g/mol. The Bertz CT molecular complexity index is 302. The van der Waals surface area contributed by atoms with Crippen LogP contribution >= 0.6 is 0 Å². The van der Waals surface area contributed by atoms with E-state index in [1.807, 2.05) is 12.2 Å². The smallest absolute Gasteiger partial charge is 0.333 e. The fourth-order valence-electron chi connectivity index (χ4n) is 1.37. The van der Waals surface area contributed by atoms with Crippen LogP contribution in [-0.4, -0.2) is 23.8 Å². The molecule has 0 fully saturated rings. The first-order chi connectivity index (χ1) is 6.57. The molecular formula is C11H14O3. The fourth-order valence-corrected chi connectivity index (χ4v) is 1.37. The number of carbonyl (C=O) groups is 1. The summed E-state index contributed by atoms with van der Waals surface area (Å²) in [7, 11) is 1.30. The highest BCUT2D eigenvalue weighted by Gasteiger charge is 2.26. The Morgan fingerprint density at radius 2 is 2.36 bits per heavy atom. The van der Waals surface area contributed by atoms with E-state index >= 15 is 0 Å². The van der Waals surface area contributed by atoms with Crippen molar-refractivity contribution in [1.29, 1.82) is 0 Å². The predicted octanol–water partition coefficient (Wildman–Crippen LogP) is 1.35. The zero-order valence-corrected chi connectivity index (χ0v) is 8.19. The molecule has 0 aromatic rings. The molecule has 0 saturated heterocycles. The maximum atomic E-state index is 11.1. The van der Waals surface area contributed by atoms with Gasteiger partial charge in [0.1, 0.15) is 0 Å². The SMILES string of the molecule is C=C(CC1(O)C=CC=CC1)C(=O)OC. The van der Waals surface area contributed by atoms with Crippen LogP contribution in [0, 0.1) is 0 Å². The number of hydrogen-bond acceptors (Lipinski definition) is 3. The first kappa shape index (κ1) is 10.7. The third-order valence-electron chi connectivity index (χ3n) is 2.12. The second-order valence-electron chi connectivity index (χ2n) is 3.37. The van der Waals surface area contributed by atoms with E-state index in [4.69, 9.17) is 0 Å². The van der Waals surface area contributed by atoms with Crippen molar-refractivity contribution >= 4 is 5.97 Å². The maximum absolute atomic E-state index is 11.1. The molecule has 0 saturated carbocycles. The normalized spacial score (nSPS) is 24.7. The van der Waals surface area contributed by atoms with Crippen molar-refractivity contribution in [1.82, 2.24) is 0 Å². The van der Waals surface area contributed by atoms with Crippen molar-refractivity contribution in [3.05, 3.63) is 36.5 Å². The Balaban J connectivity index is 2.60. The third kappa shape index (κ3) is 2.57. The molecule has 76 valence electrons. The van der Waals surface area contributed by atoms with Crippen molar-refractivity contribution in [3.63, 3.8) is 0 Å². The molecule has 0 radical (unpaired) electrons. The zero-order valence-electron chi connectivity index (χ0n) is 8.19. The molecule has 14 heavy (non-hydrogen) atoms. The van der Waals surface area contributed by atoms with E-state index in [9.17, 15) is 9.90 Å². The average molecular weight is 194 g/mol. The number of rotatable bonds is 3. The topological polar surface area (TPSA) is 46.5 Å². The molecule has 1 rings (SSSR count). The fraction of sp³-hybridized carbons (Fsp3) is 0.364. The summed E-state index contributed by atoms with van der Waals surface area (Å²) < 4.78 is 4.51. The third-order valence-corrected chi connectivity index (χ3v) is 2.12. The van der Waals surface area contributed by atoms with Crippen molar-refractivity contribution in [3.8, 4) is 0 Å². The summed E-state index contributed by atoms with van der Waals surface area (Å²) in [4.78, 5) is 11.1. The second-order valence-corrected chi connectivity index (χ2v) is 3.37. The van der Waals surface area contributed by atoms with Gasteiger partial charge in [-0.1, -0.05) is 30.9 Å². The van der Waals surface area contributed by atoms with Gasteiger partial charge in [0.05, 0.1) is 12.7 Å². The van der Waals surface area contributed by atoms with Gasteiger partial charge in [-0.15, -0.1) is 0 Å². The average Bonchev–Trinajstić information content (AvgIpc) is 2.17. The minimum atomic E-state index is -0.986. The van der Waals surface area contributed by atoms with Crippen molar-refractivity contribution in [2.75, 3.05) is 7.11 Å². The standard InChI is InChI=1S/C11H14O3/c1-9(10(12)14-2)8-11(13)6-4-3-5-7-11/h3-6,13H,1,7-8H2,2H3. The van der Waals surface area contributed by atoms with E-state index in [0.29, 0.717) is 6.42 Å². The van der Waals surface area contributed by atoms with Crippen molar-refractivity contribution in [2.24, 2.45) is 0 Å². The Morgan fingerprint density at radius 3 is 2.86 bits per heavy atom. The Kier molecular flexibility index (Phi) is 3.25. The Hall–Kier alpha value is -1.35. The molecule has 0 bridgehead atoms. The summed E-state index contributed by atoms with van der Waals surface area (Å²) in [5.74, 6) is -0.471. The lowest BCUT2D eigenvalue weighted by Gasteiger charge is -2.25. The summed E-state index contributed by atoms with van der Waals surface area (Å²) >= 11 is 0. The van der Waals surface area contributed by atoms with Gasteiger partial charge in [0.15, 0.2) is 0 Å². The first-order valence-corrected chi connectivity index (χ1v) is 4.40. The molecular weight excluding hydrogens is 180 g/mol. The van der Waals surface area contributed by atoms with Crippen LogP contribution in [0.25, 0.3) is 0 Å². The highest BCUT2D eigenvalue weighted by molar-refractivity contribution is 5.87. The lowest BCUT2D eigenvalue weighted by atomic mass is 9.89. The van der Waals surface area contributed by atoms with Crippen LogP contribution in [0.1, 0.15) is 12.8 Å². The maximum Gasteiger partial charge on any atom is 0.333 e. The predicted molar refractivity (Wildman–Crippen MR) is 53.6 cm³/mol. The molecule has 0 aromatic carbocycles. The van der Waals surface area contributed by atoms with E-state index in [2.05, 4.69) is 11.3 Å². The number of allylic oxidation sites excluding steroid dienone is 2.